The molecule has 0 saturated heterocycles. The Morgan fingerprint density at radius 2 is 1.44 bits per heavy atom. The predicted octanol–water partition coefficient (Wildman–Crippen LogP) is 4.40. The van der Waals surface area contributed by atoms with Crippen molar-refractivity contribution in [2.75, 3.05) is 17.7 Å². The standard InChI is InChI=1S/C22H20N2O3/c1-27-22(26)19-9-5-6-10-20(19)23-17-11-13-18(14-12-17)24-21(25)15-16-7-3-2-4-8-16/h2-14,23H,15H2,1H3,(H,24,25). The van der Waals surface area contributed by atoms with Crippen LogP contribution in [0.2, 0.25) is 0 Å². The number of nitrogens with one attached hydrogen (secondary N) is 2. The van der Waals surface area contributed by atoms with Gasteiger partial charge in [-0.25, -0.2) is 4.79 Å². The van der Waals surface area contributed by atoms with Gasteiger partial charge in [-0.3, -0.25) is 4.79 Å². The summed E-state index contributed by atoms with van der Waals surface area (Å²) in [5, 5.41) is 6.07. The lowest BCUT2D eigenvalue weighted by atomic mass is 10.1. The maximum absolute atomic E-state index is 12.1. The molecule has 27 heavy (non-hydrogen) atoms. The number of hydrogen-bond donors (Lipinski definition) is 2. The Morgan fingerprint density at radius 3 is 2.15 bits per heavy atom. The average molecular weight is 360 g/mol. The first-order chi connectivity index (χ1) is 13.2. The van der Waals surface area contributed by atoms with Crippen molar-refractivity contribution >= 4 is 28.9 Å². The largest absolute Gasteiger partial charge is 0.465 e. The van der Waals surface area contributed by atoms with Crippen LogP contribution in [0.4, 0.5) is 17.1 Å². The normalized spacial score (nSPS) is 10.1. The lowest BCUT2D eigenvalue weighted by molar-refractivity contribution is -0.115. The molecule has 0 aliphatic carbocycles. The van der Waals surface area contributed by atoms with Crippen molar-refractivity contribution in [3.63, 3.8) is 0 Å². The fraction of sp³-hybridized carbons (Fsp3) is 0.0909. The van der Waals surface area contributed by atoms with Gasteiger partial charge in [-0.15, -0.1) is 0 Å². The third-order valence-electron chi connectivity index (χ3n) is 3.99. The van der Waals surface area contributed by atoms with Gasteiger partial charge >= 0.3 is 5.97 Å². The highest BCUT2D eigenvalue weighted by atomic mass is 16.5. The van der Waals surface area contributed by atoms with E-state index in [1.165, 1.54) is 7.11 Å². The molecule has 1 amide bonds. The maximum Gasteiger partial charge on any atom is 0.339 e. The predicted molar refractivity (Wildman–Crippen MR) is 106 cm³/mol. The monoisotopic (exact) mass is 360 g/mol. The van der Waals surface area contributed by atoms with E-state index >= 15 is 0 Å². The minimum atomic E-state index is -0.400. The molecule has 0 spiro atoms. The van der Waals surface area contributed by atoms with Crippen molar-refractivity contribution in [3.05, 3.63) is 90.0 Å². The van der Waals surface area contributed by atoms with Gasteiger partial charge in [0.05, 0.1) is 24.8 Å². The van der Waals surface area contributed by atoms with Gasteiger partial charge in [-0.1, -0.05) is 42.5 Å². The van der Waals surface area contributed by atoms with Crippen LogP contribution in [0.5, 0.6) is 0 Å². The summed E-state index contributed by atoms with van der Waals surface area (Å²) in [4.78, 5) is 24.0. The Hall–Kier alpha value is -3.60. The Balaban J connectivity index is 1.64. The first-order valence-corrected chi connectivity index (χ1v) is 8.54. The number of benzene rings is 3. The Kier molecular flexibility index (Phi) is 5.84. The molecule has 3 rings (SSSR count). The van der Waals surface area contributed by atoms with Crippen molar-refractivity contribution in [1.82, 2.24) is 0 Å². The summed E-state index contributed by atoms with van der Waals surface area (Å²) in [5.41, 5.74) is 3.59. The van der Waals surface area contributed by atoms with E-state index in [-0.39, 0.29) is 5.91 Å². The molecule has 0 saturated carbocycles. The summed E-state index contributed by atoms with van der Waals surface area (Å²) >= 11 is 0. The van der Waals surface area contributed by atoms with E-state index in [0.717, 1.165) is 11.3 Å². The van der Waals surface area contributed by atoms with Gasteiger partial charge in [0.2, 0.25) is 5.91 Å². The molecule has 136 valence electrons. The number of esters is 1. The summed E-state index contributed by atoms with van der Waals surface area (Å²) in [6.45, 7) is 0. The summed E-state index contributed by atoms with van der Waals surface area (Å²) in [5.74, 6) is -0.471. The second kappa shape index (κ2) is 8.67. The van der Waals surface area contributed by atoms with E-state index in [2.05, 4.69) is 10.6 Å². The summed E-state index contributed by atoms with van der Waals surface area (Å²) < 4.78 is 4.80. The van der Waals surface area contributed by atoms with Gasteiger partial charge in [-0.05, 0) is 42.0 Å². The first kappa shape index (κ1) is 18.2. The molecule has 0 heterocycles. The molecule has 0 aliphatic heterocycles. The minimum absolute atomic E-state index is 0.0713. The molecular weight excluding hydrogens is 340 g/mol. The number of carbonyl (C=O) groups excluding carboxylic acids is 2. The number of amides is 1. The van der Waals surface area contributed by atoms with Crippen LogP contribution in [0.1, 0.15) is 15.9 Å². The summed E-state index contributed by atoms with van der Waals surface area (Å²) in [6, 6.07) is 24.0. The van der Waals surface area contributed by atoms with Crippen LogP contribution in [0, 0.1) is 0 Å². The zero-order valence-electron chi connectivity index (χ0n) is 14.9. The summed E-state index contributed by atoms with van der Waals surface area (Å²) in [7, 11) is 1.35. The van der Waals surface area contributed by atoms with Crippen LogP contribution in [-0.4, -0.2) is 19.0 Å². The molecule has 5 nitrogen and oxygen atoms in total. The summed E-state index contributed by atoms with van der Waals surface area (Å²) in [6.07, 6.45) is 0.327. The minimum Gasteiger partial charge on any atom is -0.465 e. The van der Waals surface area contributed by atoms with E-state index in [0.29, 0.717) is 23.4 Å². The van der Waals surface area contributed by atoms with E-state index < -0.39 is 5.97 Å². The molecule has 3 aromatic carbocycles. The molecule has 0 unspecified atom stereocenters. The quantitative estimate of drug-likeness (QED) is 0.640. The second-order valence-electron chi connectivity index (χ2n) is 5.95. The highest BCUT2D eigenvalue weighted by molar-refractivity contribution is 5.96. The number of carbonyl (C=O) groups is 2. The maximum atomic E-state index is 12.1. The fourth-order valence-corrected chi connectivity index (χ4v) is 2.66. The van der Waals surface area contributed by atoms with E-state index in [1.54, 1.807) is 12.1 Å². The van der Waals surface area contributed by atoms with E-state index in [4.69, 9.17) is 4.74 Å². The Labute approximate surface area is 158 Å². The molecule has 5 heteroatoms. The average Bonchev–Trinajstić information content (AvgIpc) is 2.70. The molecule has 0 aromatic heterocycles. The molecule has 0 aliphatic rings. The van der Waals surface area contributed by atoms with E-state index in [1.807, 2.05) is 66.7 Å². The number of para-hydroxylation sites is 1. The molecule has 3 aromatic rings. The van der Waals surface area contributed by atoms with Gasteiger partial charge in [0.1, 0.15) is 0 Å². The van der Waals surface area contributed by atoms with Crippen LogP contribution in [-0.2, 0) is 16.0 Å². The molecule has 0 atom stereocenters. The smallest absolute Gasteiger partial charge is 0.339 e. The number of ether oxygens (including phenoxy) is 1. The van der Waals surface area contributed by atoms with Crippen LogP contribution < -0.4 is 10.6 Å². The first-order valence-electron chi connectivity index (χ1n) is 8.54. The number of anilines is 3. The molecular formula is C22H20N2O3. The molecule has 0 radical (unpaired) electrons. The zero-order chi connectivity index (χ0) is 19.1. The molecule has 0 bridgehead atoms. The van der Waals surface area contributed by atoms with Gasteiger partial charge in [-0.2, -0.15) is 0 Å². The third-order valence-corrected chi connectivity index (χ3v) is 3.99. The van der Waals surface area contributed by atoms with Crippen molar-refractivity contribution in [3.8, 4) is 0 Å². The van der Waals surface area contributed by atoms with E-state index in [9.17, 15) is 9.59 Å². The number of hydrogen-bond acceptors (Lipinski definition) is 4. The van der Waals surface area contributed by atoms with Crippen molar-refractivity contribution in [2.45, 2.75) is 6.42 Å². The van der Waals surface area contributed by atoms with Crippen LogP contribution in [0.3, 0.4) is 0 Å². The van der Waals surface area contributed by atoms with Gasteiger partial charge < -0.3 is 15.4 Å². The number of rotatable bonds is 6. The topological polar surface area (TPSA) is 67.4 Å². The Bertz CT molecular complexity index is 922. The van der Waals surface area contributed by atoms with Crippen molar-refractivity contribution < 1.29 is 14.3 Å². The van der Waals surface area contributed by atoms with Crippen molar-refractivity contribution in [1.29, 1.82) is 0 Å². The van der Waals surface area contributed by atoms with Gasteiger partial charge in [0.15, 0.2) is 0 Å². The molecule has 2 N–H and O–H groups in total. The third kappa shape index (κ3) is 4.95. The second-order valence-corrected chi connectivity index (χ2v) is 5.95. The van der Waals surface area contributed by atoms with Crippen LogP contribution >= 0.6 is 0 Å². The SMILES string of the molecule is COC(=O)c1ccccc1Nc1ccc(NC(=O)Cc2ccccc2)cc1. The zero-order valence-corrected chi connectivity index (χ0v) is 14.9. The fourth-order valence-electron chi connectivity index (χ4n) is 2.66. The highest BCUT2D eigenvalue weighted by Crippen LogP contribution is 2.23. The van der Waals surface area contributed by atoms with Crippen LogP contribution in [0.25, 0.3) is 0 Å². The molecule has 0 fully saturated rings. The number of methoxy groups -OCH3 is 1. The van der Waals surface area contributed by atoms with Crippen molar-refractivity contribution in [2.24, 2.45) is 0 Å². The van der Waals surface area contributed by atoms with Crippen LogP contribution in [0.15, 0.2) is 78.9 Å². The van der Waals surface area contributed by atoms with Gasteiger partial charge in [0.25, 0.3) is 0 Å². The lowest BCUT2D eigenvalue weighted by Crippen LogP contribution is -2.14. The Morgan fingerprint density at radius 1 is 0.815 bits per heavy atom. The van der Waals surface area contributed by atoms with Gasteiger partial charge in [0, 0.05) is 11.4 Å². The highest BCUT2D eigenvalue weighted by Gasteiger charge is 2.11. The lowest BCUT2D eigenvalue weighted by Gasteiger charge is -2.11.